The predicted octanol–water partition coefficient (Wildman–Crippen LogP) is 2.54. The zero-order valence-electron chi connectivity index (χ0n) is 12.4. The molecule has 1 aromatic carbocycles. The van der Waals surface area contributed by atoms with Crippen molar-refractivity contribution in [2.24, 2.45) is 5.92 Å². The first-order chi connectivity index (χ1) is 9.08. The highest BCUT2D eigenvalue weighted by molar-refractivity contribution is 5.13. The van der Waals surface area contributed by atoms with Crippen LogP contribution in [0.3, 0.4) is 0 Å². The van der Waals surface area contributed by atoms with Gasteiger partial charge < -0.3 is 14.7 Å². The zero-order chi connectivity index (χ0) is 14.1. The van der Waals surface area contributed by atoms with E-state index in [-0.39, 0.29) is 0 Å². The van der Waals surface area contributed by atoms with Crippen LogP contribution in [0.4, 0.5) is 0 Å². The van der Waals surface area contributed by atoms with Crippen LogP contribution in [0.2, 0.25) is 0 Å². The van der Waals surface area contributed by atoms with Crippen LogP contribution < -0.4 is 0 Å². The molecule has 3 nitrogen and oxygen atoms in total. The van der Waals surface area contributed by atoms with Crippen LogP contribution in [0, 0.1) is 5.92 Å². The predicted molar refractivity (Wildman–Crippen MR) is 79.1 cm³/mol. The van der Waals surface area contributed by atoms with Gasteiger partial charge in [-0.3, -0.25) is 0 Å². The van der Waals surface area contributed by atoms with Crippen molar-refractivity contribution >= 4 is 0 Å². The van der Waals surface area contributed by atoms with Gasteiger partial charge in [0.1, 0.15) is 0 Å². The van der Waals surface area contributed by atoms with Crippen molar-refractivity contribution in [1.82, 2.24) is 4.90 Å². The topological polar surface area (TPSA) is 32.7 Å². The molecule has 0 saturated heterocycles. The Hall–Kier alpha value is -0.900. The molecule has 0 bridgehead atoms. The molecule has 0 fully saturated rings. The minimum absolute atomic E-state index is 0.390. The van der Waals surface area contributed by atoms with E-state index in [0.29, 0.717) is 25.7 Å². The van der Waals surface area contributed by atoms with Crippen LogP contribution in [0.15, 0.2) is 30.3 Å². The second kappa shape index (κ2) is 9.08. The molecule has 0 aliphatic rings. The highest BCUT2D eigenvalue weighted by Gasteiger charge is 2.09. The van der Waals surface area contributed by atoms with Gasteiger partial charge >= 0.3 is 0 Å². The monoisotopic (exact) mass is 265 g/mol. The van der Waals surface area contributed by atoms with Crippen molar-refractivity contribution in [3.05, 3.63) is 35.9 Å². The summed E-state index contributed by atoms with van der Waals surface area (Å²) in [5, 5.41) is 9.90. The van der Waals surface area contributed by atoms with Gasteiger partial charge in [0.05, 0.1) is 19.3 Å². The number of ether oxygens (including phenoxy) is 1. The Labute approximate surface area is 117 Å². The van der Waals surface area contributed by atoms with Gasteiger partial charge in [-0.25, -0.2) is 0 Å². The highest BCUT2D eigenvalue weighted by atomic mass is 16.5. The molecule has 0 aliphatic heterocycles. The minimum atomic E-state index is -0.416. The third-order valence-corrected chi connectivity index (χ3v) is 3.03. The number of aliphatic hydroxyl groups excluding tert-OH is 1. The lowest BCUT2D eigenvalue weighted by atomic mass is 10.1. The summed E-state index contributed by atoms with van der Waals surface area (Å²) < 4.78 is 5.53. The second-order valence-corrected chi connectivity index (χ2v) is 5.60. The maximum absolute atomic E-state index is 9.90. The number of aliphatic hydroxyl groups is 1. The fraction of sp³-hybridized carbons (Fsp3) is 0.625. The van der Waals surface area contributed by atoms with E-state index in [1.165, 1.54) is 0 Å². The number of nitrogens with zero attached hydrogens (tertiary/aromatic N) is 1. The molecule has 0 spiro atoms. The molecule has 0 aliphatic carbocycles. The normalized spacial score (nSPS) is 13.2. The van der Waals surface area contributed by atoms with Crippen molar-refractivity contribution < 1.29 is 9.84 Å². The van der Waals surface area contributed by atoms with Gasteiger partial charge in [-0.05, 0) is 31.5 Å². The van der Waals surface area contributed by atoms with E-state index in [0.717, 1.165) is 18.5 Å². The Balaban J connectivity index is 2.12. The lowest BCUT2D eigenvalue weighted by Gasteiger charge is -2.21. The summed E-state index contributed by atoms with van der Waals surface area (Å²) in [5.41, 5.74) is 1.14. The SMILES string of the molecule is CC(C)CCN(C)CC(O)COCc1ccccc1. The van der Waals surface area contributed by atoms with E-state index in [9.17, 15) is 5.11 Å². The minimum Gasteiger partial charge on any atom is -0.389 e. The van der Waals surface area contributed by atoms with Gasteiger partial charge in [0.25, 0.3) is 0 Å². The summed E-state index contributed by atoms with van der Waals surface area (Å²) in [6, 6.07) is 10.0. The average Bonchev–Trinajstić information content (AvgIpc) is 2.37. The molecule has 1 rings (SSSR count). The molecule has 0 heterocycles. The number of rotatable bonds is 9. The van der Waals surface area contributed by atoms with Gasteiger partial charge in [-0.2, -0.15) is 0 Å². The van der Waals surface area contributed by atoms with Crippen LogP contribution >= 0.6 is 0 Å². The largest absolute Gasteiger partial charge is 0.389 e. The van der Waals surface area contributed by atoms with E-state index in [2.05, 4.69) is 18.7 Å². The third kappa shape index (κ3) is 7.98. The molecule has 0 amide bonds. The van der Waals surface area contributed by atoms with Crippen molar-refractivity contribution in [3.8, 4) is 0 Å². The molecule has 1 aromatic rings. The molecule has 19 heavy (non-hydrogen) atoms. The molecule has 108 valence electrons. The Morgan fingerprint density at radius 2 is 1.89 bits per heavy atom. The molecule has 0 radical (unpaired) electrons. The maximum Gasteiger partial charge on any atom is 0.0900 e. The van der Waals surface area contributed by atoms with Crippen LogP contribution in [0.5, 0.6) is 0 Å². The van der Waals surface area contributed by atoms with Crippen LogP contribution in [-0.2, 0) is 11.3 Å². The quantitative estimate of drug-likeness (QED) is 0.745. The fourth-order valence-corrected chi connectivity index (χ4v) is 1.87. The van der Waals surface area contributed by atoms with E-state index < -0.39 is 6.10 Å². The molecular formula is C16H27NO2. The zero-order valence-corrected chi connectivity index (χ0v) is 12.4. The Morgan fingerprint density at radius 1 is 1.21 bits per heavy atom. The van der Waals surface area contributed by atoms with Crippen molar-refractivity contribution in [3.63, 3.8) is 0 Å². The number of hydrogen-bond donors (Lipinski definition) is 1. The van der Waals surface area contributed by atoms with Gasteiger partial charge in [-0.1, -0.05) is 44.2 Å². The molecule has 1 unspecified atom stereocenters. The smallest absolute Gasteiger partial charge is 0.0900 e. The summed E-state index contributed by atoms with van der Waals surface area (Å²) in [5.74, 6) is 0.703. The first-order valence-electron chi connectivity index (χ1n) is 7.06. The van der Waals surface area contributed by atoms with E-state index >= 15 is 0 Å². The summed E-state index contributed by atoms with van der Waals surface area (Å²) in [4.78, 5) is 2.16. The lowest BCUT2D eigenvalue weighted by molar-refractivity contribution is 0.0132. The van der Waals surface area contributed by atoms with Gasteiger partial charge in [-0.15, -0.1) is 0 Å². The maximum atomic E-state index is 9.90. The molecule has 1 atom stereocenters. The first kappa shape index (κ1) is 16.2. The average molecular weight is 265 g/mol. The molecular weight excluding hydrogens is 238 g/mol. The van der Waals surface area contributed by atoms with E-state index in [1.54, 1.807) is 0 Å². The molecule has 1 N–H and O–H groups in total. The van der Waals surface area contributed by atoms with E-state index in [4.69, 9.17) is 4.74 Å². The van der Waals surface area contributed by atoms with Crippen molar-refractivity contribution in [1.29, 1.82) is 0 Å². The van der Waals surface area contributed by atoms with Crippen molar-refractivity contribution in [2.45, 2.75) is 33.0 Å². The third-order valence-electron chi connectivity index (χ3n) is 3.03. The number of benzene rings is 1. The van der Waals surface area contributed by atoms with Crippen LogP contribution in [0.25, 0.3) is 0 Å². The van der Waals surface area contributed by atoms with E-state index in [1.807, 2.05) is 37.4 Å². The number of likely N-dealkylation sites (N-methyl/N-ethyl adjacent to an activating group) is 1. The highest BCUT2D eigenvalue weighted by Crippen LogP contribution is 2.03. The number of hydrogen-bond acceptors (Lipinski definition) is 3. The summed E-state index contributed by atoms with van der Waals surface area (Å²) in [7, 11) is 2.04. The van der Waals surface area contributed by atoms with Crippen molar-refractivity contribution in [2.75, 3.05) is 26.7 Å². The molecule has 0 saturated carbocycles. The van der Waals surface area contributed by atoms with Crippen LogP contribution in [0.1, 0.15) is 25.8 Å². The second-order valence-electron chi connectivity index (χ2n) is 5.60. The Bertz CT molecular complexity index is 327. The standard InChI is InChI=1S/C16H27NO2/c1-14(2)9-10-17(3)11-16(18)13-19-12-15-7-5-4-6-8-15/h4-8,14,16,18H,9-13H2,1-3H3. The Kier molecular flexibility index (Phi) is 7.72. The molecule has 3 heteroatoms. The Morgan fingerprint density at radius 3 is 2.53 bits per heavy atom. The van der Waals surface area contributed by atoms with Gasteiger partial charge in [0.15, 0.2) is 0 Å². The fourth-order valence-electron chi connectivity index (χ4n) is 1.87. The van der Waals surface area contributed by atoms with Gasteiger partial charge in [0.2, 0.25) is 0 Å². The van der Waals surface area contributed by atoms with Crippen LogP contribution in [-0.4, -0.2) is 42.9 Å². The first-order valence-corrected chi connectivity index (χ1v) is 7.06. The lowest BCUT2D eigenvalue weighted by Crippen LogP contribution is -2.33. The summed E-state index contributed by atoms with van der Waals surface area (Å²) in [6.07, 6.45) is 0.745. The summed E-state index contributed by atoms with van der Waals surface area (Å²) in [6.45, 7) is 7.07. The van der Waals surface area contributed by atoms with Gasteiger partial charge in [0, 0.05) is 6.54 Å². The summed E-state index contributed by atoms with van der Waals surface area (Å²) >= 11 is 0. The molecule has 0 aromatic heterocycles.